The fourth-order valence-corrected chi connectivity index (χ4v) is 3.02. The van der Waals surface area contributed by atoms with Crippen molar-refractivity contribution in [1.82, 2.24) is 20.1 Å². The van der Waals surface area contributed by atoms with Gasteiger partial charge >= 0.3 is 0 Å². The summed E-state index contributed by atoms with van der Waals surface area (Å²) in [5.41, 5.74) is 0.832. The van der Waals surface area contributed by atoms with Crippen LogP contribution in [0.2, 0.25) is 10.0 Å². The van der Waals surface area contributed by atoms with Gasteiger partial charge in [0.1, 0.15) is 6.33 Å². The molecule has 0 radical (unpaired) electrons. The van der Waals surface area contributed by atoms with Gasteiger partial charge in [-0.3, -0.25) is 4.79 Å². The van der Waals surface area contributed by atoms with Gasteiger partial charge in [-0.15, -0.1) is 10.2 Å². The number of hydrogen-bond donors (Lipinski definition) is 1. The van der Waals surface area contributed by atoms with Crippen molar-refractivity contribution in [2.75, 3.05) is 5.75 Å². The summed E-state index contributed by atoms with van der Waals surface area (Å²) >= 11 is 13.3. The van der Waals surface area contributed by atoms with E-state index in [0.29, 0.717) is 15.2 Å². The Labute approximate surface area is 137 Å². The molecule has 1 aromatic carbocycles. The quantitative estimate of drug-likeness (QED) is 0.846. The van der Waals surface area contributed by atoms with Crippen LogP contribution in [0.3, 0.4) is 0 Å². The van der Waals surface area contributed by atoms with E-state index in [4.69, 9.17) is 23.2 Å². The molecule has 0 saturated carbocycles. The van der Waals surface area contributed by atoms with Crippen LogP contribution >= 0.6 is 35.0 Å². The van der Waals surface area contributed by atoms with Crippen LogP contribution in [0.25, 0.3) is 0 Å². The summed E-state index contributed by atoms with van der Waals surface area (Å²) in [6.45, 7) is 1.88. The Morgan fingerprint density at radius 3 is 2.86 bits per heavy atom. The summed E-state index contributed by atoms with van der Waals surface area (Å²) in [4.78, 5) is 12.0. The molecule has 0 aliphatic heterocycles. The first kappa shape index (κ1) is 16.1. The maximum atomic E-state index is 12.0. The Hall–Kier alpha value is -1.24. The zero-order chi connectivity index (χ0) is 15.4. The predicted molar refractivity (Wildman–Crippen MR) is 84.7 cm³/mol. The molecule has 1 N–H and O–H groups in total. The van der Waals surface area contributed by atoms with Crippen molar-refractivity contribution in [3.8, 4) is 0 Å². The first-order valence-electron chi connectivity index (χ1n) is 6.18. The number of aromatic nitrogens is 3. The van der Waals surface area contributed by atoms with Crippen molar-refractivity contribution < 1.29 is 4.79 Å². The molecule has 1 unspecified atom stereocenters. The number of halogens is 2. The molecule has 0 aliphatic carbocycles. The van der Waals surface area contributed by atoms with E-state index in [-0.39, 0.29) is 17.7 Å². The summed E-state index contributed by atoms with van der Waals surface area (Å²) < 4.78 is 1.76. The number of aryl methyl sites for hydroxylation is 1. The number of benzene rings is 1. The molecule has 1 amide bonds. The largest absolute Gasteiger partial charge is 0.349 e. The van der Waals surface area contributed by atoms with Gasteiger partial charge in [-0.05, 0) is 24.6 Å². The monoisotopic (exact) mass is 344 g/mol. The highest BCUT2D eigenvalue weighted by molar-refractivity contribution is 7.99. The molecule has 0 bridgehead atoms. The van der Waals surface area contributed by atoms with Gasteiger partial charge in [-0.1, -0.05) is 41.0 Å². The molecular weight excluding hydrogens is 331 g/mol. The fourth-order valence-electron chi connectivity index (χ4n) is 1.75. The molecule has 112 valence electrons. The third-order valence-electron chi connectivity index (χ3n) is 2.81. The molecule has 2 rings (SSSR count). The van der Waals surface area contributed by atoms with E-state index < -0.39 is 0 Å². The Morgan fingerprint density at radius 1 is 1.48 bits per heavy atom. The number of amides is 1. The van der Waals surface area contributed by atoms with Crippen LogP contribution in [0.15, 0.2) is 29.7 Å². The van der Waals surface area contributed by atoms with Crippen LogP contribution in [0.1, 0.15) is 18.5 Å². The van der Waals surface area contributed by atoms with Crippen molar-refractivity contribution in [3.05, 3.63) is 40.1 Å². The number of nitrogens with one attached hydrogen (secondary N) is 1. The van der Waals surface area contributed by atoms with Crippen molar-refractivity contribution >= 4 is 40.9 Å². The topological polar surface area (TPSA) is 59.8 Å². The van der Waals surface area contributed by atoms with Gasteiger partial charge in [0, 0.05) is 17.1 Å². The minimum Gasteiger partial charge on any atom is -0.349 e. The van der Waals surface area contributed by atoms with Crippen LogP contribution in [0, 0.1) is 0 Å². The summed E-state index contributed by atoms with van der Waals surface area (Å²) in [6.07, 6.45) is 1.59. The van der Waals surface area contributed by atoms with Gasteiger partial charge < -0.3 is 9.88 Å². The van der Waals surface area contributed by atoms with Crippen molar-refractivity contribution in [2.24, 2.45) is 7.05 Å². The van der Waals surface area contributed by atoms with Crippen LogP contribution in [-0.2, 0) is 11.8 Å². The summed E-state index contributed by atoms with van der Waals surface area (Å²) in [6, 6.07) is 5.03. The zero-order valence-electron chi connectivity index (χ0n) is 11.5. The number of thioether (sulfide) groups is 1. The molecule has 8 heteroatoms. The number of carbonyl (C=O) groups excluding carboxylic acids is 1. The first-order chi connectivity index (χ1) is 9.97. The molecule has 21 heavy (non-hydrogen) atoms. The summed E-state index contributed by atoms with van der Waals surface area (Å²) in [7, 11) is 1.83. The van der Waals surface area contributed by atoms with Gasteiger partial charge in [0.15, 0.2) is 5.16 Å². The van der Waals surface area contributed by atoms with Gasteiger partial charge in [0.05, 0.1) is 11.8 Å². The molecule has 1 atom stereocenters. The maximum absolute atomic E-state index is 12.0. The van der Waals surface area contributed by atoms with E-state index in [0.717, 1.165) is 5.56 Å². The van der Waals surface area contributed by atoms with Crippen LogP contribution in [-0.4, -0.2) is 26.4 Å². The SMILES string of the molecule is CC(NC(=O)CSc1nncn1C)c1ccc(Cl)cc1Cl. The van der Waals surface area contributed by atoms with Gasteiger partial charge in [0.25, 0.3) is 0 Å². The minimum atomic E-state index is -0.192. The smallest absolute Gasteiger partial charge is 0.230 e. The van der Waals surface area contributed by atoms with Gasteiger partial charge in [-0.25, -0.2) is 0 Å². The Bertz CT molecular complexity index is 647. The third kappa shape index (κ3) is 4.36. The predicted octanol–water partition coefficient (Wildman–Crippen LogP) is 3.09. The number of rotatable bonds is 5. The number of nitrogens with zero attached hydrogens (tertiary/aromatic N) is 3. The fraction of sp³-hybridized carbons (Fsp3) is 0.308. The molecule has 5 nitrogen and oxygen atoms in total. The number of carbonyl (C=O) groups is 1. The number of hydrogen-bond acceptors (Lipinski definition) is 4. The maximum Gasteiger partial charge on any atom is 0.230 e. The first-order valence-corrected chi connectivity index (χ1v) is 7.92. The lowest BCUT2D eigenvalue weighted by molar-refractivity contribution is -0.119. The highest BCUT2D eigenvalue weighted by Crippen LogP contribution is 2.26. The van der Waals surface area contributed by atoms with Crippen molar-refractivity contribution in [2.45, 2.75) is 18.1 Å². The van der Waals surface area contributed by atoms with Gasteiger partial charge in [0.2, 0.25) is 5.91 Å². The van der Waals surface area contributed by atoms with Crippen LogP contribution < -0.4 is 5.32 Å². The average Bonchev–Trinajstić information content (AvgIpc) is 2.81. The normalized spacial score (nSPS) is 12.2. The lowest BCUT2D eigenvalue weighted by Gasteiger charge is -2.15. The van der Waals surface area contributed by atoms with E-state index in [1.807, 2.05) is 20.0 Å². The van der Waals surface area contributed by atoms with E-state index >= 15 is 0 Å². The third-order valence-corrected chi connectivity index (χ3v) is 4.41. The second kappa shape index (κ2) is 7.15. The Morgan fingerprint density at radius 2 is 2.24 bits per heavy atom. The standard InChI is InChI=1S/C13H14Cl2N4OS/c1-8(10-4-3-9(14)5-11(10)15)17-12(20)6-21-13-18-16-7-19(13)2/h3-5,7-8H,6H2,1-2H3,(H,17,20). The molecule has 0 spiro atoms. The Kier molecular flexibility index (Phi) is 5.50. The summed E-state index contributed by atoms with van der Waals surface area (Å²) in [5, 5.41) is 12.4. The van der Waals surface area contributed by atoms with Crippen LogP contribution in [0.4, 0.5) is 0 Å². The summed E-state index contributed by atoms with van der Waals surface area (Å²) in [5.74, 6) is 0.170. The molecule has 0 saturated heterocycles. The van der Waals surface area contributed by atoms with Gasteiger partial charge in [-0.2, -0.15) is 0 Å². The highest BCUT2D eigenvalue weighted by atomic mass is 35.5. The lowest BCUT2D eigenvalue weighted by atomic mass is 10.1. The molecule has 2 aromatic rings. The highest BCUT2D eigenvalue weighted by Gasteiger charge is 2.14. The molecule has 1 heterocycles. The molecule has 1 aromatic heterocycles. The second-order valence-electron chi connectivity index (χ2n) is 4.47. The minimum absolute atomic E-state index is 0.0958. The Balaban J connectivity index is 1.91. The average molecular weight is 345 g/mol. The molecule has 0 fully saturated rings. The molecule has 0 aliphatic rings. The van der Waals surface area contributed by atoms with E-state index in [9.17, 15) is 4.79 Å². The lowest BCUT2D eigenvalue weighted by Crippen LogP contribution is -2.28. The van der Waals surface area contributed by atoms with E-state index in [1.54, 1.807) is 23.0 Å². The van der Waals surface area contributed by atoms with Crippen molar-refractivity contribution in [1.29, 1.82) is 0 Å². The van der Waals surface area contributed by atoms with Crippen LogP contribution in [0.5, 0.6) is 0 Å². The zero-order valence-corrected chi connectivity index (χ0v) is 13.8. The van der Waals surface area contributed by atoms with E-state index in [1.165, 1.54) is 11.8 Å². The molecular formula is C13H14Cl2N4OS. The second-order valence-corrected chi connectivity index (χ2v) is 6.25. The van der Waals surface area contributed by atoms with E-state index in [2.05, 4.69) is 15.5 Å². The van der Waals surface area contributed by atoms with Crippen molar-refractivity contribution in [3.63, 3.8) is 0 Å².